The normalized spacial score (nSPS) is 22.5. The Labute approximate surface area is 214 Å². The molecule has 192 valence electrons. The highest BCUT2D eigenvalue weighted by molar-refractivity contribution is 5.97. The first-order chi connectivity index (χ1) is 18.0. The second-order valence-electron chi connectivity index (χ2n) is 10.0. The van der Waals surface area contributed by atoms with Gasteiger partial charge in [0.15, 0.2) is 0 Å². The van der Waals surface area contributed by atoms with Crippen molar-refractivity contribution >= 4 is 22.6 Å². The van der Waals surface area contributed by atoms with Crippen LogP contribution < -0.4 is 10.1 Å². The molecule has 0 aliphatic carbocycles. The second kappa shape index (κ2) is 9.41. The summed E-state index contributed by atoms with van der Waals surface area (Å²) in [6.45, 7) is 4.48. The number of pyridine rings is 2. The molecule has 0 aromatic carbocycles. The number of fused-ring (bicyclic) bond motifs is 3. The maximum atomic E-state index is 11.6. The predicted octanol–water partition coefficient (Wildman–Crippen LogP) is 3.47. The highest BCUT2D eigenvalue weighted by Crippen LogP contribution is 2.44. The van der Waals surface area contributed by atoms with Crippen LogP contribution in [-0.4, -0.2) is 60.5 Å². The van der Waals surface area contributed by atoms with Gasteiger partial charge < -0.3 is 29.2 Å². The number of nitrogens with one attached hydrogen (secondary N) is 2. The van der Waals surface area contributed by atoms with Crippen LogP contribution in [0.15, 0.2) is 24.5 Å². The van der Waals surface area contributed by atoms with Crippen molar-refractivity contribution in [1.29, 1.82) is 5.26 Å². The number of aromatic nitrogens is 3. The topological polar surface area (TPSA) is 131 Å². The number of hydrogen-bond donors (Lipinski definition) is 2. The molecule has 10 heteroatoms. The van der Waals surface area contributed by atoms with Gasteiger partial charge in [-0.1, -0.05) is 0 Å². The fraction of sp³-hybridized carbons (Fsp3) is 0.481. The minimum atomic E-state index is -0.609. The zero-order valence-corrected chi connectivity index (χ0v) is 20.8. The SMILES string of the molecule is CC(=O)Nc1cc2c(-c3cc(OCC4(C#N)CCOCC4)c4c(n3)C3(CCOC3)OCC4)c[nH]c2cn1. The largest absolute Gasteiger partial charge is 0.491 e. The van der Waals surface area contributed by atoms with Crippen LogP contribution in [0.3, 0.4) is 0 Å². The standard InChI is InChI=1S/C27H29N5O5/c1-17(33)31-24-10-19-20(12-29-22(19)13-30-24)21-11-23(36-15-26(14-28)3-7-34-8-4-26)18-2-6-37-27(25(18)32-21)5-9-35-16-27/h10-13,29H,2-9,15-16H2,1H3,(H,30,31,33). The van der Waals surface area contributed by atoms with Crippen LogP contribution in [0.1, 0.15) is 37.4 Å². The molecule has 1 atom stereocenters. The Kier molecular flexibility index (Phi) is 6.07. The summed E-state index contributed by atoms with van der Waals surface area (Å²) in [5.74, 6) is 1.00. The number of carbonyl (C=O) groups excluding carboxylic acids is 1. The Hall–Kier alpha value is -3.52. The van der Waals surface area contributed by atoms with Crippen molar-refractivity contribution in [2.24, 2.45) is 5.41 Å². The van der Waals surface area contributed by atoms with Crippen LogP contribution in [-0.2, 0) is 31.0 Å². The molecular weight excluding hydrogens is 474 g/mol. The summed E-state index contributed by atoms with van der Waals surface area (Å²) in [6, 6.07) is 6.29. The summed E-state index contributed by atoms with van der Waals surface area (Å²) in [4.78, 5) is 24.3. The number of aromatic amines is 1. The average Bonchev–Trinajstić information content (AvgIpc) is 3.55. The average molecular weight is 504 g/mol. The first kappa shape index (κ1) is 23.9. The van der Waals surface area contributed by atoms with Crippen LogP contribution in [0, 0.1) is 16.7 Å². The summed E-state index contributed by atoms with van der Waals surface area (Å²) in [5.41, 5.74) is 3.07. The Balaban J connectivity index is 1.45. The fourth-order valence-corrected chi connectivity index (χ4v) is 5.45. The van der Waals surface area contributed by atoms with Crippen molar-refractivity contribution in [3.8, 4) is 23.1 Å². The van der Waals surface area contributed by atoms with E-state index in [1.165, 1.54) is 6.92 Å². The van der Waals surface area contributed by atoms with Gasteiger partial charge in [0.1, 0.15) is 23.8 Å². The van der Waals surface area contributed by atoms with Crippen molar-refractivity contribution in [3.63, 3.8) is 0 Å². The zero-order valence-electron chi connectivity index (χ0n) is 20.8. The highest BCUT2D eigenvalue weighted by Gasteiger charge is 2.45. The molecule has 0 bridgehead atoms. The van der Waals surface area contributed by atoms with Crippen molar-refractivity contribution in [1.82, 2.24) is 15.0 Å². The number of ether oxygens (including phenoxy) is 4. The van der Waals surface area contributed by atoms with Crippen LogP contribution >= 0.6 is 0 Å². The lowest BCUT2D eigenvalue weighted by Gasteiger charge is -2.35. The number of anilines is 1. The molecule has 3 aliphatic rings. The second-order valence-corrected chi connectivity index (χ2v) is 10.0. The highest BCUT2D eigenvalue weighted by atomic mass is 16.6. The van der Waals surface area contributed by atoms with Gasteiger partial charge in [-0.2, -0.15) is 5.26 Å². The van der Waals surface area contributed by atoms with Gasteiger partial charge >= 0.3 is 0 Å². The Morgan fingerprint density at radius 1 is 1.22 bits per heavy atom. The van der Waals surface area contributed by atoms with E-state index in [0.29, 0.717) is 58.1 Å². The third kappa shape index (κ3) is 4.33. The van der Waals surface area contributed by atoms with Crippen molar-refractivity contribution < 1.29 is 23.7 Å². The van der Waals surface area contributed by atoms with E-state index in [1.807, 2.05) is 18.3 Å². The summed E-state index contributed by atoms with van der Waals surface area (Å²) in [6.07, 6.45) is 6.26. The number of hydrogen-bond acceptors (Lipinski definition) is 8. The number of amides is 1. The lowest BCUT2D eigenvalue weighted by Crippen LogP contribution is -2.38. The van der Waals surface area contributed by atoms with Gasteiger partial charge in [0.05, 0.1) is 47.8 Å². The summed E-state index contributed by atoms with van der Waals surface area (Å²) >= 11 is 0. The lowest BCUT2D eigenvalue weighted by atomic mass is 9.82. The Morgan fingerprint density at radius 3 is 2.81 bits per heavy atom. The van der Waals surface area contributed by atoms with E-state index in [1.54, 1.807) is 6.20 Å². The van der Waals surface area contributed by atoms with Gasteiger partial charge in [0.25, 0.3) is 0 Å². The van der Waals surface area contributed by atoms with Crippen LogP contribution in [0.25, 0.3) is 22.2 Å². The van der Waals surface area contributed by atoms with Gasteiger partial charge in [-0.05, 0) is 18.9 Å². The van der Waals surface area contributed by atoms with Gasteiger partial charge in [-0.25, -0.2) is 9.97 Å². The van der Waals surface area contributed by atoms with Gasteiger partial charge in [-0.15, -0.1) is 0 Å². The number of nitriles is 1. The molecule has 6 rings (SSSR count). The first-order valence-electron chi connectivity index (χ1n) is 12.6. The number of H-pyrrole nitrogens is 1. The van der Waals surface area contributed by atoms with E-state index in [-0.39, 0.29) is 12.5 Å². The predicted molar refractivity (Wildman–Crippen MR) is 134 cm³/mol. The van der Waals surface area contributed by atoms with Gasteiger partial charge in [0, 0.05) is 68.4 Å². The molecule has 2 N–H and O–H groups in total. The molecule has 0 radical (unpaired) electrons. The van der Waals surface area contributed by atoms with E-state index < -0.39 is 11.0 Å². The summed E-state index contributed by atoms with van der Waals surface area (Å²) in [7, 11) is 0. The lowest BCUT2D eigenvalue weighted by molar-refractivity contribution is -0.114. The zero-order chi connectivity index (χ0) is 25.5. The van der Waals surface area contributed by atoms with Crippen LogP contribution in [0.2, 0.25) is 0 Å². The molecule has 3 aromatic rings. The van der Waals surface area contributed by atoms with Crippen LogP contribution in [0.4, 0.5) is 5.82 Å². The van der Waals surface area contributed by atoms with Crippen LogP contribution in [0.5, 0.6) is 5.75 Å². The minimum absolute atomic E-state index is 0.189. The van der Waals surface area contributed by atoms with Crippen molar-refractivity contribution in [3.05, 3.63) is 35.8 Å². The van der Waals surface area contributed by atoms with E-state index in [4.69, 9.17) is 23.9 Å². The first-order valence-corrected chi connectivity index (χ1v) is 12.6. The number of nitrogens with zero attached hydrogens (tertiary/aromatic N) is 3. The van der Waals surface area contributed by atoms with Crippen molar-refractivity contribution in [2.75, 3.05) is 45.0 Å². The van der Waals surface area contributed by atoms with E-state index in [2.05, 4.69) is 21.4 Å². The third-order valence-corrected chi connectivity index (χ3v) is 7.57. The molecule has 6 heterocycles. The molecule has 3 aromatic heterocycles. The van der Waals surface area contributed by atoms with Gasteiger partial charge in [-0.3, -0.25) is 4.79 Å². The van der Waals surface area contributed by atoms with E-state index >= 15 is 0 Å². The molecule has 1 amide bonds. The smallest absolute Gasteiger partial charge is 0.222 e. The Bertz CT molecular complexity index is 1380. The summed E-state index contributed by atoms with van der Waals surface area (Å²) < 4.78 is 24.0. The maximum Gasteiger partial charge on any atom is 0.222 e. The molecule has 2 fully saturated rings. The quantitative estimate of drug-likeness (QED) is 0.541. The fourth-order valence-electron chi connectivity index (χ4n) is 5.45. The maximum absolute atomic E-state index is 11.6. The third-order valence-electron chi connectivity index (χ3n) is 7.57. The number of carbonyl (C=O) groups is 1. The van der Waals surface area contributed by atoms with E-state index in [0.717, 1.165) is 45.6 Å². The van der Waals surface area contributed by atoms with Crippen molar-refractivity contribution in [2.45, 2.75) is 38.2 Å². The molecule has 1 spiro atoms. The molecular formula is C27H29N5O5. The molecule has 37 heavy (non-hydrogen) atoms. The summed E-state index contributed by atoms with van der Waals surface area (Å²) in [5, 5.41) is 13.6. The molecule has 2 saturated heterocycles. The Morgan fingerprint density at radius 2 is 2.05 bits per heavy atom. The monoisotopic (exact) mass is 503 g/mol. The van der Waals surface area contributed by atoms with E-state index in [9.17, 15) is 10.1 Å². The molecule has 10 nitrogen and oxygen atoms in total. The minimum Gasteiger partial charge on any atom is -0.491 e. The van der Waals surface area contributed by atoms with Gasteiger partial charge in [0.2, 0.25) is 5.91 Å². The molecule has 1 unspecified atom stereocenters. The molecule has 0 saturated carbocycles. The number of rotatable bonds is 5. The molecule has 3 aliphatic heterocycles.